The highest BCUT2D eigenvalue weighted by atomic mass is 16.2. The van der Waals surface area contributed by atoms with Crippen molar-refractivity contribution in [1.29, 1.82) is 0 Å². The highest BCUT2D eigenvalue weighted by molar-refractivity contribution is 5.88. The summed E-state index contributed by atoms with van der Waals surface area (Å²) in [6.07, 6.45) is 7.35. The van der Waals surface area contributed by atoms with Crippen LogP contribution in [0, 0.1) is 11.8 Å². The van der Waals surface area contributed by atoms with Crippen LogP contribution in [0.3, 0.4) is 0 Å². The highest BCUT2D eigenvalue weighted by Crippen LogP contribution is 2.41. The summed E-state index contributed by atoms with van der Waals surface area (Å²) in [4.78, 5) is 28.6. The van der Waals surface area contributed by atoms with Crippen molar-refractivity contribution < 1.29 is 4.79 Å². The molecular weight excluding hydrogens is 344 g/mol. The van der Waals surface area contributed by atoms with E-state index < -0.39 is 0 Å². The van der Waals surface area contributed by atoms with Gasteiger partial charge in [0.25, 0.3) is 0 Å². The lowest BCUT2D eigenvalue weighted by molar-refractivity contribution is 0.218. The number of aromatic amines is 2. The van der Waals surface area contributed by atoms with E-state index in [0.717, 1.165) is 42.8 Å². The van der Waals surface area contributed by atoms with Crippen molar-refractivity contribution in [3.63, 3.8) is 0 Å². The molecule has 3 N–H and O–H groups in total. The van der Waals surface area contributed by atoms with E-state index >= 15 is 0 Å². The summed E-state index contributed by atoms with van der Waals surface area (Å²) in [5, 5.41) is 10.6. The second kappa shape index (κ2) is 6.26. The van der Waals surface area contributed by atoms with E-state index in [0.29, 0.717) is 23.7 Å². The first-order valence-corrected chi connectivity index (χ1v) is 9.25. The molecule has 0 unspecified atom stereocenters. The van der Waals surface area contributed by atoms with Gasteiger partial charge in [-0.3, -0.25) is 10.4 Å². The number of hydrogen-bond donors (Lipinski definition) is 3. The molecule has 0 spiro atoms. The standard InChI is InChI=1S/C18H22N8O/c1-25(17-14-2-4-19-16(14)20-10-21-17)13-6-11-8-26(9-12(11)7-13)18(27)23-15-3-5-22-24-15/h2-5,10-13H,6-9H2,1H3,(H,19,20,21)(H2,22,23,24,27)/t11-,12+,13-. The van der Waals surface area contributed by atoms with Gasteiger partial charge >= 0.3 is 6.03 Å². The number of rotatable bonds is 3. The molecule has 0 radical (unpaired) electrons. The molecule has 3 aromatic heterocycles. The fourth-order valence-corrected chi connectivity index (χ4v) is 4.58. The quantitative estimate of drug-likeness (QED) is 0.658. The van der Waals surface area contributed by atoms with E-state index in [-0.39, 0.29) is 6.03 Å². The molecule has 0 aromatic carbocycles. The molecule has 140 valence electrons. The molecule has 2 amide bonds. The maximum atomic E-state index is 12.4. The number of anilines is 2. The molecule has 27 heavy (non-hydrogen) atoms. The molecule has 4 heterocycles. The summed E-state index contributed by atoms with van der Waals surface area (Å²) in [6, 6.07) is 4.15. The predicted octanol–water partition coefficient (Wildman–Crippen LogP) is 2.06. The monoisotopic (exact) mass is 366 g/mol. The molecule has 2 fully saturated rings. The van der Waals surface area contributed by atoms with Gasteiger partial charge in [-0.1, -0.05) is 0 Å². The Balaban J connectivity index is 1.24. The van der Waals surface area contributed by atoms with Gasteiger partial charge in [0.15, 0.2) is 5.82 Å². The molecule has 1 aliphatic heterocycles. The van der Waals surface area contributed by atoms with Crippen LogP contribution in [0.4, 0.5) is 16.4 Å². The largest absolute Gasteiger partial charge is 0.356 e. The SMILES string of the molecule is CN(c1ncnc2[nH]ccc12)[C@@H]1C[C@@H]2CN(C(=O)Nc3cc[nH]n3)C[C@@H]2C1. The highest BCUT2D eigenvalue weighted by Gasteiger charge is 2.44. The summed E-state index contributed by atoms with van der Waals surface area (Å²) < 4.78 is 0. The number of H-pyrrole nitrogens is 2. The van der Waals surface area contributed by atoms with Gasteiger partial charge < -0.3 is 14.8 Å². The van der Waals surface area contributed by atoms with Crippen LogP contribution in [-0.4, -0.2) is 62.3 Å². The first-order chi connectivity index (χ1) is 13.2. The lowest BCUT2D eigenvalue weighted by Gasteiger charge is -2.28. The van der Waals surface area contributed by atoms with E-state index in [2.05, 4.69) is 42.4 Å². The Labute approximate surface area is 156 Å². The Kier molecular flexibility index (Phi) is 3.73. The Morgan fingerprint density at radius 1 is 1.22 bits per heavy atom. The lowest BCUT2D eigenvalue weighted by Crippen LogP contribution is -2.36. The minimum Gasteiger partial charge on any atom is -0.356 e. The molecule has 1 saturated heterocycles. The first-order valence-electron chi connectivity index (χ1n) is 9.25. The molecule has 0 bridgehead atoms. The molecule has 1 saturated carbocycles. The van der Waals surface area contributed by atoms with E-state index in [1.54, 1.807) is 18.6 Å². The molecule has 5 rings (SSSR count). The molecule has 2 aliphatic rings. The molecule has 3 aromatic rings. The Hall–Kier alpha value is -3.10. The minimum absolute atomic E-state index is 0.0637. The van der Waals surface area contributed by atoms with Crippen LogP contribution in [0.5, 0.6) is 0 Å². The normalized spacial score (nSPS) is 24.3. The fourth-order valence-electron chi connectivity index (χ4n) is 4.58. The third kappa shape index (κ3) is 2.79. The third-order valence-electron chi connectivity index (χ3n) is 5.96. The maximum Gasteiger partial charge on any atom is 0.323 e. The van der Waals surface area contributed by atoms with E-state index in [4.69, 9.17) is 0 Å². The summed E-state index contributed by atoms with van der Waals surface area (Å²) in [7, 11) is 2.11. The molecule has 9 nitrogen and oxygen atoms in total. The van der Waals surface area contributed by atoms with Crippen LogP contribution in [0.1, 0.15) is 12.8 Å². The summed E-state index contributed by atoms with van der Waals surface area (Å²) in [5.41, 5.74) is 0.867. The fraction of sp³-hybridized carbons (Fsp3) is 0.444. The van der Waals surface area contributed by atoms with E-state index in [1.807, 2.05) is 17.2 Å². The van der Waals surface area contributed by atoms with Crippen molar-refractivity contribution in [2.24, 2.45) is 11.8 Å². The van der Waals surface area contributed by atoms with Crippen LogP contribution < -0.4 is 10.2 Å². The number of nitrogens with one attached hydrogen (secondary N) is 3. The van der Waals surface area contributed by atoms with Gasteiger partial charge in [0, 0.05) is 44.6 Å². The third-order valence-corrected chi connectivity index (χ3v) is 5.96. The van der Waals surface area contributed by atoms with Crippen molar-refractivity contribution >= 4 is 28.7 Å². The maximum absolute atomic E-state index is 12.4. The van der Waals surface area contributed by atoms with Gasteiger partial charge in [-0.25, -0.2) is 14.8 Å². The number of fused-ring (bicyclic) bond motifs is 2. The number of carbonyl (C=O) groups excluding carboxylic acids is 1. The van der Waals surface area contributed by atoms with Gasteiger partial charge in [-0.2, -0.15) is 5.10 Å². The number of amides is 2. The Morgan fingerprint density at radius 3 is 2.78 bits per heavy atom. The van der Waals surface area contributed by atoms with Crippen molar-refractivity contribution in [2.75, 3.05) is 30.4 Å². The molecule has 1 aliphatic carbocycles. The van der Waals surface area contributed by atoms with Gasteiger partial charge in [-0.05, 0) is 30.7 Å². The average molecular weight is 366 g/mol. The molecule has 3 atom stereocenters. The smallest absolute Gasteiger partial charge is 0.323 e. The van der Waals surface area contributed by atoms with Crippen molar-refractivity contribution in [3.05, 3.63) is 30.9 Å². The second-order valence-electron chi connectivity index (χ2n) is 7.49. The van der Waals surface area contributed by atoms with Gasteiger partial charge in [0.05, 0.1) is 5.39 Å². The average Bonchev–Trinajstić information content (AvgIpc) is 3.42. The number of nitrogens with zero attached hydrogens (tertiary/aromatic N) is 5. The van der Waals surface area contributed by atoms with Gasteiger partial charge in [0.2, 0.25) is 0 Å². The Morgan fingerprint density at radius 2 is 2.04 bits per heavy atom. The van der Waals surface area contributed by atoms with Crippen molar-refractivity contribution in [3.8, 4) is 0 Å². The minimum atomic E-state index is -0.0637. The lowest BCUT2D eigenvalue weighted by atomic mass is 10.0. The summed E-state index contributed by atoms with van der Waals surface area (Å²) in [5.74, 6) is 2.60. The first kappa shape index (κ1) is 16.1. The van der Waals surface area contributed by atoms with Crippen molar-refractivity contribution in [2.45, 2.75) is 18.9 Å². The number of hydrogen-bond acceptors (Lipinski definition) is 5. The summed E-state index contributed by atoms with van der Waals surface area (Å²) >= 11 is 0. The second-order valence-corrected chi connectivity index (χ2v) is 7.49. The number of likely N-dealkylation sites (tertiary alicyclic amines) is 1. The van der Waals surface area contributed by atoms with E-state index in [1.165, 1.54) is 0 Å². The van der Waals surface area contributed by atoms with Crippen molar-refractivity contribution in [1.82, 2.24) is 30.0 Å². The number of urea groups is 1. The Bertz CT molecular complexity index is 937. The zero-order chi connectivity index (χ0) is 18.4. The van der Waals surface area contributed by atoms with Crippen LogP contribution in [0.15, 0.2) is 30.9 Å². The van der Waals surface area contributed by atoms with Gasteiger partial charge in [-0.15, -0.1) is 0 Å². The number of aromatic nitrogens is 5. The molecular formula is C18H22N8O. The van der Waals surface area contributed by atoms with E-state index in [9.17, 15) is 4.79 Å². The number of carbonyl (C=O) groups is 1. The molecule has 9 heteroatoms. The predicted molar refractivity (Wildman–Crippen MR) is 101 cm³/mol. The zero-order valence-electron chi connectivity index (χ0n) is 15.1. The van der Waals surface area contributed by atoms with Crippen LogP contribution >= 0.6 is 0 Å². The zero-order valence-corrected chi connectivity index (χ0v) is 15.1. The topological polar surface area (TPSA) is 106 Å². The summed E-state index contributed by atoms with van der Waals surface area (Å²) in [6.45, 7) is 1.60. The van der Waals surface area contributed by atoms with Crippen LogP contribution in [0.2, 0.25) is 0 Å². The van der Waals surface area contributed by atoms with Crippen LogP contribution in [0.25, 0.3) is 11.0 Å². The van der Waals surface area contributed by atoms with Crippen LogP contribution in [-0.2, 0) is 0 Å². The van der Waals surface area contributed by atoms with Gasteiger partial charge in [0.1, 0.15) is 17.8 Å².